The second-order valence-electron chi connectivity index (χ2n) is 9.52. The first-order chi connectivity index (χ1) is 15.4. The zero-order valence-corrected chi connectivity index (χ0v) is 18.1. The highest BCUT2D eigenvalue weighted by Gasteiger charge is 2.50. The molecule has 2 atom stereocenters. The van der Waals surface area contributed by atoms with Crippen LogP contribution in [0.3, 0.4) is 0 Å². The lowest BCUT2D eigenvalue weighted by atomic mass is 9.88. The van der Waals surface area contributed by atoms with Crippen molar-refractivity contribution in [3.63, 3.8) is 0 Å². The van der Waals surface area contributed by atoms with E-state index < -0.39 is 28.4 Å². The van der Waals surface area contributed by atoms with Crippen LogP contribution in [0, 0.1) is 11.1 Å². The molecule has 0 radical (unpaired) electrons. The maximum atomic E-state index is 13.5. The number of ether oxygens (including phenoxy) is 1. The number of amides is 3. The highest BCUT2D eigenvalue weighted by Crippen LogP contribution is 2.39. The monoisotopic (exact) mass is 442 g/mol. The van der Waals surface area contributed by atoms with Crippen LogP contribution < -0.4 is 16.0 Å². The Labute approximate surface area is 187 Å². The van der Waals surface area contributed by atoms with Crippen molar-refractivity contribution in [1.82, 2.24) is 10.6 Å². The van der Waals surface area contributed by atoms with Crippen LogP contribution in [0.1, 0.15) is 54.4 Å². The fourth-order valence-electron chi connectivity index (χ4n) is 5.30. The second-order valence-corrected chi connectivity index (χ2v) is 9.52. The minimum atomic E-state index is -1.25. The Morgan fingerprint density at radius 2 is 1.91 bits per heavy atom. The van der Waals surface area contributed by atoms with E-state index in [1.807, 2.05) is 6.07 Å². The van der Waals surface area contributed by atoms with Gasteiger partial charge in [-0.25, -0.2) is 4.79 Å². The van der Waals surface area contributed by atoms with E-state index in [0.29, 0.717) is 17.0 Å². The molecule has 2 unspecified atom stereocenters. The molecule has 1 aromatic carbocycles. The molecule has 2 saturated heterocycles. The van der Waals surface area contributed by atoms with Crippen molar-refractivity contribution in [2.24, 2.45) is 5.92 Å². The first-order valence-corrected chi connectivity index (χ1v) is 11.6. The molecule has 32 heavy (non-hydrogen) atoms. The smallest absolute Gasteiger partial charge is 0.347 e. The third-order valence-corrected chi connectivity index (χ3v) is 7.34. The minimum absolute atomic E-state index is 0.0776. The number of fused-ring (bicyclic) bond motifs is 1. The largest absolute Gasteiger partial charge is 0.624 e. The van der Waals surface area contributed by atoms with Gasteiger partial charge in [-0.3, -0.25) is 19.6 Å². The minimum Gasteiger partial charge on any atom is -0.624 e. The number of anilines is 1. The number of hydroxylamine groups is 3. The number of rotatable bonds is 6. The molecule has 9 nitrogen and oxygen atoms in total. The maximum absolute atomic E-state index is 13.5. The Morgan fingerprint density at radius 3 is 2.66 bits per heavy atom. The molecule has 1 aromatic rings. The van der Waals surface area contributed by atoms with Crippen LogP contribution in [-0.2, 0) is 20.9 Å². The summed E-state index contributed by atoms with van der Waals surface area (Å²) in [4.78, 5) is 36.8. The second kappa shape index (κ2) is 8.55. The number of imide groups is 1. The molecule has 3 amide bonds. The lowest BCUT2D eigenvalue weighted by Crippen LogP contribution is -2.60. The molecule has 3 N–H and O–H groups in total. The van der Waals surface area contributed by atoms with Crippen molar-refractivity contribution >= 4 is 23.4 Å². The Morgan fingerprint density at radius 1 is 1.12 bits per heavy atom. The van der Waals surface area contributed by atoms with E-state index in [1.165, 1.54) is 12.8 Å². The van der Waals surface area contributed by atoms with E-state index in [-0.39, 0.29) is 31.5 Å². The van der Waals surface area contributed by atoms with E-state index in [1.54, 1.807) is 12.1 Å². The summed E-state index contributed by atoms with van der Waals surface area (Å²) in [5.74, 6) is -1.01. The van der Waals surface area contributed by atoms with Gasteiger partial charge in [0.1, 0.15) is 6.54 Å². The van der Waals surface area contributed by atoms with E-state index in [2.05, 4.69) is 16.0 Å². The van der Waals surface area contributed by atoms with Gasteiger partial charge < -0.3 is 20.6 Å². The fraction of sp³-hybridized carbons (Fsp3) is 0.609. The number of hydrogen-bond donors (Lipinski definition) is 3. The average Bonchev–Trinajstić information content (AvgIpc) is 3.02. The summed E-state index contributed by atoms with van der Waals surface area (Å²) in [5, 5.41) is 22.6. The van der Waals surface area contributed by atoms with Crippen molar-refractivity contribution in [1.29, 1.82) is 0 Å². The predicted molar refractivity (Wildman–Crippen MR) is 116 cm³/mol. The third-order valence-electron chi connectivity index (χ3n) is 7.34. The van der Waals surface area contributed by atoms with Crippen molar-refractivity contribution < 1.29 is 23.8 Å². The summed E-state index contributed by atoms with van der Waals surface area (Å²) < 4.78 is 4.83. The zero-order chi connectivity index (χ0) is 22.3. The number of benzene rings is 1. The SMILES string of the molecule is O=C1CCC([N+]2([O-])Cc3c(NC4CC(OCC5CCNCC5)C4)cccc3C2=O)C(=O)N1. The van der Waals surface area contributed by atoms with Crippen molar-refractivity contribution in [2.75, 3.05) is 25.0 Å². The third kappa shape index (κ3) is 3.94. The average molecular weight is 443 g/mol. The highest BCUT2D eigenvalue weighted by molar-refractivity contribution is 6.02. The van der Waals surface area contributed by atoms with Gasteiger partial charge in [-0.2, -0.15) is 0 Å². The summed E-state index contributed by atoms with van der Waals surface area (Å²) in [6.45, 7) is 2.86. The fourth-order valence-corrected chi connectivity index (χ4v) is 5.30. The number of carbonyl (C=O) groups is 3. The Kier molecular flexibility index (Phi) is 5.75. The number of hydrogen-bond acceptors (Lipinski definition) is 7. The molecule has 1 aliphatic carbocycles. The number of piperidine rings is 2. The Hall–Kier alpha value is -2.33. The topological polar surface area (TPSA) is 120 Å². The van der Waals surface area contributed by atoms with Crippen LogP contribution in [0.25, 0.3) is 0 Å². The summed E-state index contributed by atoms with van der Waals surface area (Å²) in [6.07, 6.45) is 4.55. The van der Waals surface area contributed by atoms with Crippen LogP contribution in [0.15, 0.2) is 18.2 Å². The van der Waals surface area contributed by atoms with Gasteiger partial charge in [-0.15, -0.1) is 0 Å². The highest BCUT2D eigenvalue weighted by atomic mass is 16.6. The molecule has 0 spiro atoms. The standard InChI is InChI=1S/C23H30N4O5/c28-21-5-4-20(22(29)26-21)27(31)12-18-17(23(27)30)2-1-3-19(18)25-15-10-16(11-15)32-13-14-6-8-24-9-7-14/h1-3,14-16,20,24-25H,4-13H2,(H,26,28,29). The van der Waals surface area contributed by atoms with Crippen molar-refractivity contribution in [3.05, 3.63) is 34.5 Å². The van der Waals surface area contributed by atoms with Crippen LogP contribution in [0.4, 0.5) is 5.69 Å². The van der Waals surface area contributed by atoms with Gasteiger partial charge in [0.25, 0.3) is 5.91 Å². The normalized spacial score (nSPS) is 32.9. The number of carbonyl (C=O) groups excluding carboxylic acids is 3. The van der Waals surface area contributed by atoms with E-state index in [4.69, 9.17) is 4.74 Å². The summed E-state index contributed by atoms with van der Waals surface area (Å²) >= 11 is 0. The van der Waals surface area contributed by atoms with Gasteiger partial charge >= 0.3 is 5.91 Å². The van der Waals surface area contributed by atoms with Crippen LogP contribution in [-0.4, -0.2) is 60.3 Å². The van der Waals surface area contributed by atoms with Gasteiger partial charge in [-0.1, -0.05) is 6.07 Å². The molecule has 4 aliphatic rings. The molecular weight excluding hydrogens is 412 g/mol. The first-order valence-electron chi connectivity index (χ1n) is 11.6. The molecule has 0 aromatic heterocycles. The summed E-state index contributed by atoms with van der Waals surface area (Å²) in [7, 11) is 0. The molecule has 9 heteroatoms. The van der Waals surface area contributed by atoms with Gasteiger partial charge in [0.2, 0.25) is 5.91 Å². The molecule has 0 bridgehead atoms. The van der Waals surface area contributed by atoms with Gasteiger partial charge in [0.15, 0.2) is 6.04 Å². The van der Waals surface area contributed by atoms with Crippen LogP contribution in [0.5, 0.6) is 0 Å². The lowest BCUT2D eigenvalue weighted by Gasteiger charge is -2.42. The summed E-state index contributed by atoms with van der Waals surface area (Å²) in [6, 6.07) is 4.45. The van der Waals surface area contributed by atoms with E-state index in [9.17, 15) is 19.6 Å². The first kappa shape index (κ1) is 21.5. The van der Waals surface area contributed by atoms with E-state index in [0.717, 1.165) is 38.2 Å². The molecule has 5 rings (SSSR count). The van der Waals surface area contributed by atoms with Crippen LogP contribution in [0.2, 0.25) is 0 Å². The number of nitrogens with zero attached hydrogens (tertiary/aromatic N) is 1. The quantitative estimate of drug-likeness (QED) is 0.346. The Bertz CT molecular complexity index is 925. The molecule has 3 aliphatic heterocycles. The van der Waals surface area contributed by atoms with Crippen molar-refractivity contribution in [2.45, 2.75) is 63.3 Å². The van der Waals surface area contributed by atoms with E-state index >= 15 is 0 Å². The van der Waals surface area contributed by atoms with Gasteiger partial charge in [0.05, 0.1) is 11.7 Å². The van der Waals surface area contributed by atoms with Crippen molar-refractivity contribution in [3.8, 4) is 0 Å². The summed E-state index contributed by atoms with van der Waals surface area (Å²) in [5.41, 5.74) is 1.81. The predicted octanol–water partition coefficient (Wildman–Crippen LogP) is 1.42. The number of quaternary nitrogens is 1. The molecule has 1 saturated carbocycles. The zero-order valence-electron chi connectivity index (χ0n) is 18.1. The molecule has 3 fully saturated rings. The maximum Gasteiger partial charge on any atom is 0.347 e. The van der Waals surface area contributed by atoms with Gasteiger partial charge in [0, 0.05) is 36.7 Å². The lowest BCUT2D eigenvalue weighted by molar-refractivity contribution is -0.825. The molecular formula is C23H30N4O5. The van der Waals surface area contributed by atoms with Crippen LogP contribution >= 0.6 is 0 Å². The van der Waals surface area contributed by atoms with Gasteiger partial charge in [-0.05, 0) is 56.8 Å². The number of nitrogens with one attached hydrogen (secondary N) is 3. The molecule has 172 valence electrons. The Balaban J connectivity index is 1.20. The molecule has 3 heterocycles.